The zero-order valence-electron chi connectivity index (χ0n) is 13.7. The molecule has 0 aliphatic rings. The molecule has 2 aromatic heterocycles. The highest BCUT2D eigenvalue weighted by Crippen LogP contribution is 2.29. The number of nitrogens with one attached hydrogen (secondary N) is 1. The fourth-order valence-corrected chi connectivity index (χ4v) is 2.55. The fraction of sp³-hybridized carbons (Fsp3) is 0.167. The summed E-state index contributed by atoms with van der Waals surface area (Å²) < 4.78 is 9.95. The molecule has 122 valence electrons. The van der Waals surface area contributed by atoms with E-state index in [-0.39, 0.29) is 5.97 Å². The third-order valence-corrected chi connectivity index (χ3v) is 3.63. The Kier molecular flexibility index (Phi) is 4.29. The van der Waals surface area contributed by atoms with Crippen LogP contribution in [0, 0.1) is 13.8 Å². The topological polar surface area (TPSA) is 77.2 Å². The highest BCUT2D eigenvalue weighted by molar-refractivity contribution is 5.90. The first kappa shape index (κ1) is 15.7. The maximum atomic E-state index is 11.6. The van der Waals surface area contributed by atoms with Gasteiger partial charge in [0.15, 0.2) is 0 Å². The average molecular weight is 323 g/mol. The molecule has 0 bridgehead atoms. The van der Waals surface area contributed by atoms with Crippen LogP contribution in [0.1, 0.15) is 21.8 Å². The van der Waals surface area contributed by atoms with Crippen LogP contribution < -0.4 is 5.32 Å². The number of pyridine rings is 1. The fourth-order valence-electron chi connectivity index (χ4n) is 2.55. The third kappa shape index (κ3) is 3.12. The van der Waals surface area contributed by atoms with Crippen LogP contribution in [0.3, 0.4) is 0 Å². The SMILES string of the molecule is COC(=O)c1cccc(Nc2cncc(-c3c(C)noc3C)c2)c1. The molecule has 0 saturated heterocycles. The lowest BCUT2D eigenvalue weighted by atomic mass is 10.1. The van der Waals surface area contributed by atoms with Gasteiger partial charge >= 0.3 is 5.97 Å². The summed E-state index contributed by atoms with van der Waals surface area (Å²) >= 11 is 0. The maximum Gasteiger partial charge on any atom is 0.337 e. The zero-order chi connectivity index (χ0) is 17.1. The summed E-state index contributed by atoms with van der Waals surface area (Å²) in [4.78, 5) is 15.9. The van der Waals surface area contributed by atoms with Crippen molar-refractivity contribution in [3.63, 3.8) is 0 Å². The molecule has 0 fully saturated rings. The number of rotatable bonds is 4. The molecule has 0 atom stereocenters. The van der Waals surface area contributed by atoms with Crippen molar-refractivity contribution in [1.29, 1.82) is 0 Å². The van der Waals surface area contributed by atoms with Crippen LogP contribution in [0.25, 0.3) is 11.1 Å². The summed E-state index contributed by atoms with van der Waals surface area (Å²) in [5.41, 5.74) is 4.73. The van der Waals surface area contributed by atoms with Crippen LogP contribution >= 0.6 is 0 Å². The summed E-state index contributed by atoms with van der Waals surface area (Å²) in [7, 11) is 1.36. The van der Waals surface area contributed by atoms with Crippen LogP contribution in [-0.2, 0) is 4.74 Å². The van der Waals surface area contributed by atoms with E-state index >= 15 is 0 Å². The molecule has 3 aromatic rings. The quantitative estimate of drug-likeness (QED) is 0.734. The summed E-state index contributed by atoms with van der Waals surface area (Å²) in [6, 6.07) is 9.06. The van der Waals surface area contributed by atoms with Gasteiger partial charge in [0.25, 0.3) is 0 Å². The Morgan fingerprint density at radius 2 is 2.00 bits per heavy atom. The van der Waals surface area contributed by atoms with Gasteiger partial charge in [0.05, 0.1) is 30.3 Å². The average Bonchev–Trinajstić information content (AvgIpc) is 2.93. The first-order valence-electron chi connectivity index (χ1n) is 7.42. The van der Waals surface area contributed by atoms with E-state index in [9.17, 15) is 4.79 Å². The van der Waals surface area contributed by atoms with Crippen molar-refractivity contribution in [2.24, 2.45) is 0 Å². The minimum absolute atomic E-state index is 0.374. The minimum atomic E-state index is -0.374. The van der Waals surface area contributed by atoms with Crippen molar-refractivity contribution in [1.82, 2.24) is 10.1 Å². The number of ether oxygens (including phenoxy) is 1. The second-order valence-electron chi connectivity index (χ2n) is 5.36. The van der Waals surface area contributed by atoms with Crippen molar-refractivity contribution in [2.75, 3.05) is 12.4 Å². The van der Waals surface area contributed by atoms with E-state index < -0.39 is 0 Å². The zero-order valence-corrected chi connectivity index (χ0v) is 13.7. The number of anilines is 2. The number of aryl methyl sites for hydroxylation is 2. The number of carbonyl (C=O) groups excluding carboxylic acids is 1. The predicted octanol–water partition coefficient (Wildman–Crippen LogP) is 3.88. The van der Waals surface area contributed by atoms with Gasteiger partial charge in [-0.1, -0.05) is 11.2 Å². The molecule has 1 aromatic carbocycles. The number of esters is 1. The van der Waals surface area contributed by atoms with Crippen LogP contribution in [0.15, 0.2) is 47.2 Å². The first-order valence-corrected chi connectivity index (χ1v) is 7.42. The molecular formula is C18H17N3O3. The Balaban J connectivity index is 1.89. The molecule has 0 aliphatic heterocycles. The second kappa shape index (κ2) is 6.54. The number of benzene rings is 1. The number of nitrogens with zero attached hydrogens (tertiary/aromatic N) is 2. The van der Waals surface area contributed by atoms with Crippen LogP contribution in [0.5, 0.6) is 0 Å². The summed E-state index contributed by atoms with van der Waals surface area (Å²) in [6.45, 7) is 3.76. The lowest BCUT2D eigenvalue weighted by Gasteiger charge is -2.09. The Labute approximate surface area is 139 Å². The molecule has 0 saturated carbocycles. The molecule has 0 radical (unpaired) electrons. The number of carbonyl (C=O) groups is 1. The smallest absolute Gasteiger partial charge is 0.337 e. The normalized spacial score (nSPS) is 10.5. The van der Waals surface area contributed by atoms with Gasteiger partial charge in [-0.3, -0.25) is 4.98 Å². The highest BCUT2D eigenvalue weighted by Gasteiger charge is 2.12. The van der Waals surface area contributed by atoms with Crippen LogP contribution in [-0.4, -0.2) is 23.2 Å². The summed E-state index contributed by atoms with van der Waals surface area (Å²) in [5, 5.41) is 7.22. The second-order valence-corrected chi connectivity index (χ2v) is 5.36. The molecule has 0 amide bonds. The van der Waals surface area contributed by atoms with Crippen molar-refractivity contribution in [2.45, 2.75) is 13.8 Å². The molecule has 0 unspecified atom stereocenters. The van der Waals surface area contributed by atoms with Crippen molar-refractivity contribution >= 4 is 17.3 Å². The first-order chi connectivity index (χ1) is 11.6. The molecule has 0 spiro atoms. The van der Waals surface area contributed by atoms with Gasteiger partial charge in [-0.15, -0.1) is 0 Å². The Morgan fingerprint density at radius 1 is 1.17 bits per heavy atom. The van der Waals surface area contributed by atoms with Gasteiger partial charge < -0.3 is 14.6 Å². The van der Waals surface area contributed by atoms with E-state index in [1.807, 2.05) is 26.0 Å². The van der Waals surface area contributed by atoms with E-state index in [2.05, 4.69) is 15.5 Å². The van der Waals surface area contributed by atoms with E-state index in [1.54, 1.807) is 30.6 Å². The minimum Gasteiger partial charge on any atom is -0.465 e. The summed E-state index contributed by atoms with van der Waals surface area (Å²) in [6.07, 6.45) is 3.48. The maximum absolute atomic E-state index is 11.6. The van der Waals surface area contributed by atoms with E-state index in [0.29, 0.717) is 5.56 Å². The number of hydrogen-bond donors (Lipinski definition) is 1. The van der Waals surface area contributed by atoms with Gasteiger partial charge in [-0.2, -0.15) is 0 Å². The number of hydrogen-bond acceptors (Lipinski definition) is 6. The van der Waals surface area contributed by atoms with Gasteiger partial charge in [-0.25, -0.2) is 4.79 Å². The van der Waals surface area contributed by atoms with E-state index in [1.165, 1.54) is 7.11 Å². The van der Waals surface area contributed by atoms with Gasteiger partial charge in [0.1, 0.15) is 5.76 Å². The Hall–Kier alpha value is -3.15. The molecule has 0 aliphatic carbocycles. The monoisotopic (exact) mass is 323 g/mol. The molecule has 3 rings (SSSR count). The molecule has 6 nitrogen and oxygen atoms in total. The van der Waals surface area contributed by atoms with Crippen molar-refractivity contribution in [3.8, 4) is 11.1 Å². The molecule has 6 heteroatoms. The molecule has 1 N–H and O–H groups in total. The number of methoxy groups -OCH3 is 1. The largest absolute Gasteiger partial charge is 0.465 e. The standard InChI is InChI=1S/C18H17N3O3/c1-11-17(12(2)24-21-11)14-8-16(10-19-9-14)20-15-6-4-5-13(7-15)18(22)23-3/h4-10,20H,1-3H3. The summed E-state index contributed by atoms with van der Waals surface area (Å²) in [5.74, 6) is 0.375. The van der Waals surface area contributed by atoms with E-state index in [0.717, 1.165) is 34.0 Å². The predicted molar refractivity (Wildman–Crippen MR) is 90.3 cm³/mol. The molecule has 24 heavy (non-hydrogen) atoms. The van der Waals surface area contributed by atoms with Crippen molar-refractivity contribution < 1.29 is 14.1 Å². The Morgan fingerprint density at radius 3 is 2.71 bits per heavy atom. The lowest BCUT2D eigenvalue weighted by Crippen LogP contribution is -2.01. The lowest BCUT2D eigenvalue weighted by molar-refractivity contribution is 0.0601. The van der Waals surface area contributed by atoms with Crippen LogP contribution in [0.2, 0.25) is 0 Å². The van der Waals surface area contributed by atoms with Crippen molar-refractivity contribution in [3.05, 3.63) is 59.7 Å². The van der Waals surface area contributed by atoms with E-state index in [4.69, 9.17) is 9.26 Å². The van der Waals surface area contributed by atoms with Gasteiger partial charge in [-0.05, 0) is 38.1 Å². The van der Waals surface area contributed by atoms with Gasteiger partial charge in [0.2, 0.25) is 0 Å². The molecular weight excluding hydrogens is 306 g/mol. The molecule has 2 heterocycles. The highest BCUT2D eigenvalue weighted by atomic mass is 16.5. The number of aromatic nitrogens is 2. The Bertz CT molecular complexity index is 867. The van der Waals surface area contributed by atoms with Gasteiger partial charge in [0, 0.05) is 23.0 Å². The third-order valence-electron chi connectivity index (χ3n) is 3.63. The van der Waals surface area contributed by atoms with Crippen LogP contribution in [0.4, 0.5) is 11.4 Å².